The Morgan fingerprint density at radius 3 is 2.46 bits per heavy atom. The zero-order valence-electron chi connectivity index (χ0n) is 13.2. The second kappa shape index (κ2) is 7.96. The van der Waals surface area contributed by atoms with E-state index in [-0.39, 0.29) is 11.6 Å². The molecule has 0 atom stereocenters. The lowest BCUT2D eigenvalue weighted by Crippen LogP contribution is -2.14. The monoisotopic (exact) mass is 340 g/mol. The lowest BCUT2D eigenvalue weighted by Gasteiger charge is -2.12. The van der Waals surface area contributed by atoms with Gasteiger partial charge in [-0.25, -0.2) is 9.97 Å². The van der Waals surface area contributed by atoms with Gasteiger partial charge in [-0.3, -0.25) is 0 Å². The Labute approximate surface area is 138 Å². The van der Waals surface area contributed by atoms with Gasteiger partial charge in [-0.2, -0.15) is 13.2 Å². The van der Waals surface area contributed by atoms with Crippen molar-refractivity contribution in [1.82, 2.24) is 9.97 Å². The van der Waals surface area contributed by atoms with E-state index in [4.69, 9.17) is 10.5 Å². The number of hydrogen-bond donors (Lipinski definition) is 2. The standard InChI is InChI=1S/C16H19F3N4O/c1-2-24-12-6-4-11(5-7-12)13-10-14(16(17,18)19)23-15(22-13)21-9-3-8-20/h4-7,10H,2-3,8-9,20H2,1H3,(H,21,22,23). The summed E-state index contributed by atoms with van der Waals surface area (Å²) in [7, 11) is 0. The quantitative estimate of drug-likeness (QED) is 0.757. The lowest BCUT2D eigenvalue weighted by atomic mass is 10.1. The van der Waals surface area contributed by atoms with Crippen molar-refractivity contribution in [3.63, 3.8) is 0 Å². The van der Waals surface area contributed by atoms with Crippen molar-refractivity contribution in [2.24, 2.45) is 5.73 Å². The number of aromatic nitrogens is 2. The van der Waals surface area contributed by atoms with Crippen molar-refractivity contribution in [1.29, 1.82) is 0 Å². The molecule has 1 heterocycles. The SMILES string of the molecule is CCOc1ccc(-c2cc(C(F)(F)F)nc(NCCCN)n2)cc1. The van der Waals surface area contributed by atoms with Gasteiger partial charge in [-0.15, -0.1) is 0 Å². The topological polar surface area (TPSA) is 73.1 Å². The van der Waals surface area contributed by atoms with Crippen LogP contribution in [0.3, 0.4) is 0 Å². The molecule has 0 spiro atoms. The summed E-state index contributed by atoms with van der Waals surface area (Å²) < 4.78 is 44.5. The number of nitrogens with two attached hydrogens (primary N) is 1. The molecular formula is C16H19F3N4O. The van der Waals surface area contributed by atoms with E-state index in [0.29, 0.717) is 37.4 Å². The van der Waals surface area contributed by atoms with Gasteiger partial charge in [0.05, 0.1) is 12.3 Å². The predicted molar refractivity (Wildman–Crippen MR) is 85.8 cm³/mol. The molecule has 0 unspecified atom stereocenters. The van der Waals surface area contributed by atoms with Crippen LogP contribution < -0.4 is 15.8 Å². The van der Waals surface area contributed by atoms with Crippen LogP contribution in [0.4, 0.5) is 19.1 Å². The number of benzene rings is 1. The molecular weight excluding hydrogens is 321 g/mol. The van der Waals surface area contributed by atoms with Gasteiger partial charge in [0.25, 0.3) is 0 Å². The molecule has 0 saturated carbocycles. The molecule has 1 aromatic carbocycles. The highest BCUT2D eigenvalue weighted by molar-refractivity contribution is 5.62. The normalized spacial score (nSPS) is 11.4. The van der Waals surface area contributed by atoms with E-state index in [1.807, 2.05) is 6.92 Å². The Morgan fingerprint density at radius 1 is 1.17 bits per heavy atom. The summed E-state index contributed by atoms with van der Waals surface area (Å²) >= 11 is 0. The van der Waals surface area contributed by atoms with Crippen LogP contribution in [-0.2, 0) is 6.18 Å². The van der Waals surface area contributed by atoms with Crippen molar-refractivity contribution < 1.29 is 17.9 Å². The molecule has 1 aromatic heterocycles. The molecule has 3 N–H and O–H groups in total. The fourth-order valence-electron chi connectivity index (χ4n) is 2.01. The summed E-state index contributed by atoms with van der Waals surface area (Å²) in [5.74, 6) is 0.579. The third-order valence-corrected chi connectivity index (χ3v) is 3.14. The molecule has 0 fully saturated rings. The molecule has 0 bridgehead atoms. The highest BCUT2D eigenvalue weighted by Crippen LogP contribution is 2.31. The van der Waals surface area contributed by atoms with Crippen LogP contribution in [0, 0.1) is 0 Å². The molecule has 0 aliphatic rings. The van der Waals surface area contributed by atoms with E-state index < -0.39 is 11.9 Å². The largest absolute Gasteiger partial charge is 0.494 e. The van der Waals surface area contributed by atoms with Crippen molar-refractivity contribution >= 4 is 5.95 Å². The second-order valence-electron chi connectivity index (χ2n) is 4.99. The van der Waals surface area contributed by atoms with Crippen LogP contribution in [0.2, 0.25) is 0 Å². The van der Waals surface area contributed by atoms with Crippen LogP contribution in [0.15, 0.2) is 30.3 Å². The summed E-state index contributed by atoms with van der Waals surface area (Å²) in [6.45, 7) is 3.20. The molecule has 2 aromatic rings. The first-order valence-electron chi connectivity index (χ1n) is 7.57. The van der Waals surface area contributed by atoms with Gasteiger partial charge >= 0.3 is 6.18 Å². The first kappa shape index (κ1) is 18.0. The average molecular weight is 340 g/mol. The smallest absolute Gasteiger partial charge is 0.433 e. The van der Waals surface area contributed by atoms with E-state index in [9.17, 15) is 13.2 Å². The van der Waals surface area contributed by atoms with Gasteiger partial charge in [0.2, 0.25) is 5.95 Å². The molecule has 24 heavy (non-hydrogen) atoms. The number of rotatable bonds is 7. The maximum Gasteiger partial charge on any atom is 0.433 e. The van der Waals surface area contributed by atoms with Crippen LogP contribution >= 0.6 is 0 Å². The van der Waals surface area contributed by atoms with Crippen LogP contribution in [-0.4, -0.2) is 29.7 Å². The number of nitrogens with zero attached hydrogens (tertiary/aromatic N) is 2. The molecule has 5 nitrogen and oxygen atoms in total. The summed E-state index contributed by atoms with van der Waals surface area (Å²) in [6.07, 6.45) is -3.94. The predicted octanol–water partition coefficient (Wildman–Crippen LogP) is 3.32. The maximum absolute atomic E-state index is 13.1. The molecule has 8 heteroatoms. The Kier molecular flexibility index (Phi) is 5.97. The third-order valence-electron chi connectivity index (χ3n) is 3.14. The zero-order chi connectivity index (χ0) is 17.6. The highest BCUT2D eigenvalue weighted by Gasteiger charge is 2.33. The minimum Gasteiger partial charge on any atom is -0.494 e. The Morgan fingerprint density at radius 2 is 1.88 bits per heavy atom. The van der Waals surface area contributed by atoms with Gasteiger partial charge in [-0.1, -0.05) is 0 Å². The van der Waals surface area contributed by atoms with Gasteiger partial charge < -0.3 is 15.8 Å². The van der Waals surface area contributed by atoms with E-state index in [0.717, 1.165) is 6.07 Å². The Balaban J connectivity index is 2.34. The summed E-state index contributed by atoms with van der Waals surface area (Å²) in [4.78, 5) is 7.70. The molecule has 0 aliphatic heterocycles. The zero-order valence-corrected chi connectivity index (χ0v) is 13.2. The van der Waals surface area contributed by atoms with E-state index in [1.54, 1.807) is 24.3 Å². The Bertz CT molecular complexity index is 659. The second-order valence-corrected chi connectivity index (χ2v) is 4.99. The molecule has 2 rings (SSSR count). The first-order chi connectivity index (χ1) is 11.4. The maximum atomic E-state index is 13.1. The summed E-state index contributed by atoms with van der Waals surface area (Å²) in [5.41, 5.74) is 5.13. The molecule has 0 amide bonds. The number of ether oxygens (including phenoxy) is 1. The van der Waals surface area contributed by atoms with E-state index in [1.165, 1.54) is 0 Å². The van der Waals surface area contributed by atoms with E-state index in [2.05, 4.69) is 15.3 Å². The number of alkyl halides is 3. The van der Waals surface area contributed by atoms with Crippen LogP contribution in [0.5, 0.6) is 5.75 Å². The van der Waals surface area contributed by atoms with Crippen molar-refractivity contribution in [2.45, 2.75) is 19.5 Å². The number of nitrogens with one attached hydrogen (secondary N) is 1. The molecule has 0 aliphatic carbocycles. The molecule has 130 valence electrons. The highest BCUT2D eigenvalue weighted by atomic mass is 19.4. The van der Waals surface area contributed by atoms with Crippen molar-refractivity contribution in [3.05, 3.63) is 36.0 Å². The minimum absolute atomic E-state index is 0.0674. The van der Waals surface area contributed by atoms with Gasteiger partial charge in [-0.05, 0) is 50.2 Å². The van der Waals surface area contributed by atoms with Gasteiger partial charge in [0.1, 0.15) is 5.75 Å². The average Bonchev–Trinajstić information content (AvgIpc) is 2.55. The van der Waals surface area contributed by atoms with Gasteiger partial charge in [0, 0.05) is 12.1 Å². The fraction of sp³-hybridized carbons (Fsp3) is 0.375. The molecule has 0 radical (unpaired) electrons. The minimum atomic E-state index is -4.55. The fourth-order valence-corrected chi connectivity index (χ4v) is 2.01. The lowest BCUT2D eigenvalue weighted by molar-refractivity contribution is -0.141. The Hall–Kier alpha value is -2.35. The van der Waals surface area contributed by atoms with Crippen molar-refractivity contribution in [3.8, 4) is 17.0 Å². The first-order valence-corrected chi connectivity index (χ1v) is 7.57. The number of anilines is 1. The van der Waals surface area contributed by atoms with Crippen molar-refractivity contribution in [2.75, 3.05) is 25.0 Å². The number of hydrogen-bond acceptors (Lipinski definition) is 5. The van der Waals surface area contributed by atoms with Crippen LogP contribution in [0.25, 0.3) is 11.3 Å². The van der Waals surface area contributed by atoms with Gasteiger partial charge in [0.15, 0.2) is 5.69 Å². The number of halogens is 3. The van der Waals surface area contributed by atoms with Crippen LogP contribution in [0.1, 0.15) is 19.0 Å². The summed E-state index contributed by atoms with van der Waals surface area (Å²) in [6, 6.07) is 7.64. The molecule has 0 saturated heterocycles. The third kappa shape index (κ3) is 4.82. The van der Waals surface area contributed by atoms with E-state index >= 15 is 0 Å². The summed E-state index contributed by atoms with van der Waals surface area (Å²) in [5, 5.41) is 2.77.